The van der Waals surface area contributed by atoms with Crippen LogP contribution in [0.25, 0.3) is 0 Å². The van der Waals surface area contributed by atoms with E-state index in [-0.39, 0.29) is 0 Å². The molecule has 0 unspecified atom stereocenters. The molecule has 6 heteroatoms. The van der Waals surface area contributed by atoms with Gasteiger partial charge in [-0.25, -0.2) is 0 Å². The van der Waals surface area contributed by atoms with E-state index in [4.69, 9.17) is 23.7 Å². The normalized spacial score (nSPS) is 12.4. The topological polar surface area (TPSA) is 46.2 Å². The highest BCUT2D eigenvalue weighted by Crippen LogP contribution is 2.35. The molecule has 0 radical (unpaired) electrons. The lowest BCUT2D eigenvalue weighted by Crippen LogP contribution is -2.50. The fourth-order valence-electron chi connectivity index (χ4n) is 5.18. The van der Waals surface area contributed by atoms with Crippen molar-refractivity contribution in [1.82, 2.24) is 0 Å². The highest BCUT2D eigenvalue weighted by Gasteiger charge is 2.24. The predicted molar refractivity (Wildman–Crippen MR) is 172 cm³/mol. The summed E-state index contributed by atoms with van der Waals surface area (Å²) in [4.78, 5) is 0. The molecule has 1 aromatic carbocycles. The van der Waals surface area contributed by atoms with Gasteiger partial charge in [0.1, 0.15) is 0 Å². The van der Waals surface area contributed by atoms with Crippen molar-refractivity contribution >= 4 is 0 Å². The maximum absolute atomic E-state index is 5.75. The highest BCUT2D eigenvalue weighted by atomic mass is 16.7. The van der Waals surface area contributed by atoms with Gasteiger partial charge in [0.15, 0.2) is 11.5 Å². The van der Waals surface area contributed by atoms with E-state index < -0.39 is 0 Å². The average molecular weight is 581 g/mol. The Morgan fingerprint density at radius 1 is 0.537 bits per heavy atom. The lowest BCUT2D eigenvalue weighted by Gasteiger charge is -2.39. The maximum Gasteiger partial charge on any atom is 0.231 e. The standard InChI is InChI=1S/C19H30O5.C16H36N/c1-3-5-7-20-8-9-21-10-11-22-14-17-13-19-18(23-15-24-19)12-16(17)6-4-2;1-5-9-13-17(14-10-6-2,15-11-7-3)16-12-8-4/h12-13H,3-11,14-15H2,1-2H3;5-16H2,1-4H3/q;+1. The van der Waals surface area contributed by atoms with Crippen LogP contribution >= 0.6 is 0 Å². The zero-order chi connectivity index (χ0) is 30.0. The minimum atomic E-state index is 0.305. The average Bonchev–Trinajstić information content (AvgIpc) is 3.45. The number of quaternary nitrogens is 1. The van der Waals surface area contributed by atoms with Crippen LogP contribution in [0.15, 0.2) is 12.1 Å². The number of ether oxygens (including phenoxy) is 5. The highest BCUT2D eigenvalue weighted by molar-refractivity contribution is 5.48. The first kappa shape index (κ1) is 37.7. The first-order valence-electron chi connectivity index (χ1n) is 17.1. The lowest BCUT2D eigenvalue weighted by atomic mass is 10.0. The van der Waals surface area contributed by atoms with Crippen LogP contribution in [0.5, 0.6) is 11.5 Å². The first-order valence-corrected chi connectivity index (χ1v) is 17.1. The van der Waals surface area contributed by atoms with Gasteiger partial charge in [-0.15, -0.1) is 0 Å². The predicted octanol–water partition coefficient (Wildman–Crippen LogP) is 8.72. The molecular formula is C35H66NO5+. The van der Waals surface area contributed by atoms with Gasteiger partial charge >= 0.3 is 0 Å². The van der Waals surface area contributed by atoms with Crippen molar-refractivity contribution < 1.29 is 28.2 Å². The largest absolute Gasteiger partial charge is 0.454 e. The van der Waals surface area contributed by atoms with Gasteiger partial charge in [-0.2, -0.15) is 0 Å². The summed E-state index contributed by atoms with van der Waals surface area (Å²) < 4.78 is 29.0. The SMILES string of the molecule is CCCCOCCOCCOCc1cc2c(cc1CCC)OCO2.CCCC[N+](CCCC)(CCCC)CCCC. The van der Waals surface area contributed by atoms with Crippen LogP contribution < -0.4 is 9.47 Å². The summed E-state index contributed by atoms with van der Waals surface area (Å²) >= 11 is 0. The summed E-state index contributed by atoms with van der Waals surface area (Å²) in [5, 5.41) is 0. The first-order chi connectivity index (χ1) is 20.1. The fraction of sp³-hybridized carbons (Fsp3) is 0.829. The number of benzene rings is 1. The number of aryl methyl sites for hydroxylation is 1. The summed E-state index contributed by atoms with van der Waals surface area (Å²) in [5.74, 6) is 1.66. The summed E-state index contributed by atoms with van der Waals surface area (Å²) in [6, 6.07) is 4.12. The van der Waals surface area contributed by atoms with E-state index in [9.17, 15) is 0 Å². The molecule has 0 spiro atoms. The van der Waals surface area contributed by atoms with E-state index >= 15 is 0 Å². The van der Waals surface area contributed by atoms with Gasteiger partial charge in [0, 0.05) is 6.61 Å². The molecule has 0 atom stereocenters. The molecule has 41 heavy (non-hydrogen) atoms. The van der Waals surface area contributed by atoms with Crippen molar-refractivity contribution in [3.63, 3.8) is 0 Å². The van der Waals surface area contributed by atoms with Gasteiger partial charge in [0.05, 0.1) is 59.2 Å². The molecule has 1 heterocycles. The van der Waals surface area contributed by atoms with Crippen molar-refractivity contribution in [3.8, 4) is 11.5 Å². The molecule has 2 rings (SSSR count). The molecule has 0 amide bonds. The quantitative estimate of drug-likeness (QED) is 0.0855. The number of unbranched alkanes of at least 4 members (excludes halogenated alkanes) is 5. The van der Waals surface area contributed by atoms with Crippen molar-refractivity contribution in [2.45, 2.75) is 125 Å². The van der Waals surface area contributed by atoms with E-state index in [1.165, 1.54) is 93.2 Å². The molecule has 0 saturated carbocycles. The summed E-state index contributed by atoms with van der Waals surface area (Å²) in [6.07, 6.45) is 15.4. The van der Waals surface area contributed by atoms with Crippen LogP contribution in [0, 0.1) is 0 Å². The van der Waals surface area contributed by atoms with Crippen LogP contribution in [0.4, 0.5) is 0 Å². The maximum atomic E-state index is 5.75. The molecule has 0 saturated heterocycles. The van der Waals surface area contributed by atoms with Crippen molar-refractivity contribution in [3.05, 3.63) is 23.3 Å². The molecule has 1 aliphatic heterocycles. The molecule has 0 fully saturated rings. The van der Waals surface area contributed by atoms with E-state index in [1.807, 2.05) is 6.07 Å². The molecular weight excluding hydrogens is 514 g/mol. The Kier molecular flexibility index (Phi) is 23.1. The third-order valence-corrected chi connectivity index (χ3v) is 7.80. The monoisotopic (exact) mass is 580 g/mol. The Hall–Kier alpha value is -1.34. The minimum Gasteiger partial charge on any atom is -0.454 e. The Morgan fingerprint density at radius 3 is 1.44 bits per heavy atom. The molecule has 1 aromatic rings. The zero-order valence-electron chi connectivity index (χ0n) is 27.9. The Labute approximate surface area is 254 Å². The van der Waals surface area contributed by atoms with Crippen LogP contribution in [0.2, 0.25) is 0 Å². The van der Waals surface area contributed by atoms with E-state index in [0.29, 0.717) is 39.8 Å². The molecule has 0 aromatic heterocycles. The third kappa shape index (κ3) is 16.8. The van der Waals surface area contributed by atoms with Gasteiger partial charge in [-0.3, -0.25) is 0 Å². The van der Waals surface area contributed by atoms with Gasteiger partial charge < -0.3 is 28.2 Å². The van der Waals surface area contributed by atoms with Crippen LogP contribution in [-0.2, 0) is 27.2 Å². The lowest BCUT2D eigenvalue weighted by molar-refractivity contribution is -0.929. The molecule has 0 bridgehead atoms. The summed E-state index contributed by atoms with van der Waals surface area (Å²) in [7, 11) is 0. The van der Waals surface area contributed by atoms with Crippen LogP contribution in [0.1, 0.15) is 123 Å². The number of hydrogen-bond acceptors (Lipinski definition) is 5. The molecule has 0 aliphatic carbocycles. The fourth-order valence-corrected chi connectivity index (χ4v) is 5.18. The van der Waals surface area contributed by atoms with E-state index in [1.54, 1.807) is 0 Å². The second-order valence-electron chi connectivity index (χ2n) is 11.5. The van der Waals surface area contributed by atoms with Gasteiger partial charge in [-0.1, -0.05) is 80.1 Å². The second kappa shape index (κ2) is 25.2. The van der Waals surface area contributed by atoms with Gasteiger partial charge in [0.25, 0.3) is 0 Å². The van der Waals surface area contributed by atoms with E-state index in [0.717, 1.165) is 43.8 Å². The van der Waals surface area contributed by atoms with Crippen molar-refractivity contribution in [1.29, 1.82) is 0 Å². The minimum absolute atomic E-state index is 0.305. The number of hydrogen-bond donors (Lipinski definition) is 0. The Morgan fingerprint density at radius 2 is 0.976 bits per heavy atom. The smallest absolute Gasteiger partial charge is 0.231 e. The van der Waals surface area contributed by atoms with Crippen molar-refractivity contribution in [2.24, 2.45) is 0 Å². The Bertz CT molecular complexity index is 704. The van der Waals surface area contributed by atoms with Crippen LogP contribution in [0.3, 0.4) is 0 Å². The molecule has 6 nitrogen and oxygen atoms in total. The molecule has 240 valence electrons. The van der Waals surface area contributed by atoms with Crippen LogP contribution in [-0.4, -0.2) is 70.5 Å². The van der Waals surface area contributed by atoms with Crippen molar-refractivity contribution in [2.75, 3.05) is 66.0 Å². The van der Waals surface area contributed by atoms with E-state index in [2.05, 4.69) is 47.6 Å². The van der Waals surface area contributed by atoms with Gasteiger partial charge in [0.2, 0.25) is 6.79 Å². The summed E-state index contributed by atoms with van der Waals surface area (Å²) in [6.45, 7) is 23.5. The molecule has 0 N–H and O–H groups in total. The Balaban J connectivity index is 0.000000438. The zero-order valence-corrected chi connectivity index (χ0v) is 27.9. The summed E-state index contributed by atoms with van der Waals surface area (Å²) in [5.41, 5.74) is 2.44. The third-order valence-electron chi connectivity index (χ3n) is 7.80. The second-order valence-corrected chi connectivity index (χ2v) is 11.5. The molecule has 1 aliphatic rings. The number of fused-ring (bicyclic) bond motifs is 1. The number of rotatable bonds is 25. The van der Waals surface area contributed by atoms with Gasteiger partial charge in [-0.05, 0) is 61.8 Å². The number of nitrogens with zero attached hydrogens (tertiary/aromatic N) is 1.